The van der Waals surface area contributed by atoms with E-state index in [0.29, 0.717) is 6.54 Å². The van der Waals surface area contributed by atoms with Gasteiger partial charge in [0.05, 0.1) is 6.54 Å². The second-order valence-corrected chi connectivity index (χ2v) is 8.84. The molecule has 0 saturated carbocycles. The Bertz CT molecular complexity index is 904. The molecule has 0 aliphatic carbocycles. The third-order valence-corrected chi connectivity index (χ3v) is 6.31. The number of sulfonamides is 1. The monoisotopic (exact) mass is 558 g/mol. The van der Waals surface area contributed by atoms with Gasteiger partial charge in [-0.15, -0.1) is 24.0 Å². The number of hydrogen-bond donors (Lipinski definition) is 2. The van der Waals surface area contributed by atoms with E-state index in [1.54, 1.807) is 12.3 Å². The molecule has 0 spiro atoms. The van der Waals surface area contributed by atoms with Crippen LogP contribution in [0, 0.1) is 0 Å². The molecule has 1 aromatic heterocycles. The fourth-order valence-electron chi connectivity index (χ4n) is 3.32. The molecule has 2 heterocycles. The second-order valence-electron chi connectivity index (χ2n) is 7.07. The number of nitrogens with one attached hydrogen (secondary N) is 2. The summed E-state index contributed by atoms with van der Waals surface area (Å²) in [4.78, 5) is 13.3. The van der Waals surface area contributed by atoms with Crippen molar-refractivity contribution in [1.29, 1.82) is 0 Å². The first-order chi connectivity index (χ1) is 14.6. The quantitative estimate of drug-likeness (QED) is 0.222. The molecule has 0 unspecified atom stereocenters. The van der Waals surface area contributed by atoms with Crippen LogP contribution in [-0.4, -0.2) is 75.0 Å². The van der Waals surface area contributed by atoms with Crippen molar-refractivity contribution >= 4 is 40.0 Å². The molecular formula is C21H31IN6O2S. The molecule has 2 aromatic rings. The fraction of sp³-hybridized carbons (Fsp3) is 0.429. The van der Waals surface area contributed by atoms with E-state index < -0.39 is 10.0 Å². The first kappa shape index (κ1) is 25.5. The summed E-state index contributed by atoms with van der Waals surface area (Å²) >= 11 is 0. The lowest BCUT2D eigenvalue weighted by Crippen LogP contribution is -2.52. The highest BCUT2D eigenvalue weighted by Crippen LogP contribution is 2.09. The van der Waals surface area contributed by atoms with Crippen LogP contribution < -0.4 is 10.0 Å². The summed E-state index contributed by atoms with van der Waals surface area (Å²) in [7, 11) is -3.55. The Morgan fingerprint density at radius 3 is 2.48 bits per heavy atom. The van der Waals surface area contributed by atoms with Crippen molar-refractivity contribution in [1.82, 2.24) is 24.8 Å². The van der Waals surface area contributed by atoms with Gasteiger partial charge < -0.3 is 10.2 Å². The average molecular weight is 558 g/mol. The Kier molecular flexibility index (Phi) is 10.6. The van der Waals surface area contributed by atoms with Gasteiger partial charge >= 0.3 is 0 Å². The molecule has 0 radical (unpaired) electrons. The number of halogens is 1. The largest absolute Gasteiger partial charge is 0.357 e. The Balaban J connectivity index is 0.00000341. The standard InChI is InChI=1S/C21H30N6O2S.HI/c1-2-23-21(24-11-12-25-30(28,29)20-9-6-10-22-17-20)27-15-13-26(14-16-27)18-19-7-4-3-5-8-19;/h3-10,17,25H,2,11-16,18H2,1H3,(H,23,24);1H. The van der Waals surface area contributed by atoms with Gasteiger partial charge in [0.15, 0.2) is 5.96 Å². The van der Waals surface area contributed by atoms with Crippen LogP contribution in [0.3, 0.4) is 0 Å². The molecule has 1 aliphatic rings. The minimum absolute atomic E-state index is 0. The van der Waals surface area contributed by atoms with Gasteiger partial charge in [-0.3, -0.25) is 14.9 Å². The molecule has 31 heavy (non-hydrogen) atoms. The van der Waals surface area contributed by atoms with E-state index >= 15 is 0 Å². The van der Waals surface area contributed by atoms with E-state index in [1.165, 1.54) is 17.8 Å². The maximum Gasteiger partial charge on any atom is 0.242 e. The van der Waals surface area contributed by atoms with Crippen LogP contribution in [0.15, 0.2) is 64.7 Å². The first-order valence-corrected chi connectivity index (χ1v) is 11.8. The summed E-state index contributed by atoms with van der Waals surface area (Å²) in [6.45, 7) is 8.07. The number of pyridine rings is 1. The number of aromatic nitrogens is 1. The number of hydrogen-bond acceptors (Lipinski definition) is 5. The van der Waals surface area contributed by atoms with Gasteiger partial charge in [-0.2, -0.15) is 0 Å². The van der Waals surface area contributed by atoms with E-state index in [4.69, 9.17) is 0 Å². The van der Waals surface area contributed by atoms with Crippen molar-refractivity contribution in [3.8, 4) is 0 Å². The molecule has 0 amide bonds. The number of nitrogens with zero attached hydrogens (tertiary/aromatic N) is 4. The summed E-state index contributed by atoms with van der Waals surface area (Å²) in [5, 5.41) is 3.32. The molecular weight excluding hydrogens is 527 g/mol. The molecule has 1 fully saturated rings. The van der Waals surface area contributed by atoms with Crippen LogP contribution in [0.2, 0.25) is 0 Å². The molecule has 0 atom stereocenters. The van der Waals surface area contributed by atoms with E-state index in [1.807, 2.05) is 13.0 Å². The third kappa shape index (κ3) is 8.02. The number of guanidine groups is 1. The SMILES string of the molecule is CCNC(=NCCNS(=O)(=O)c1cccnc1)N1CCN(Cc2ccccc2)CC1.I. The van der Waals surface area contributed by atoms with E-state index in [9.17, 15) is 8.42 Å². The van der Waals surface area contributed by atoms with Crippen molar-refractivity contribution in [2.75, 3.05) is 45.8 Å². The lowest BCUT2D eigenvalue weighted by atomic mass is 10.2. The van der Waals surface area contributed by atoms with Crippen LogP contribution in [0.25, 0.3) is 0 Å². The predicted molar refractivity (Wildman–Crippen MR) is 134 cm³/mol. The van der Waals surface area contributed by atoms with Crippen LogP contribution in [-0.2, 0) is 16.6 Å². The van der Waals surface area contributed by atoms with Crippen molar-refractivity contribution in [3.63, 3.8) is 0 Å². The normalized spacial score (nSPS) is 15.4. The molecule has 10 heteroatoms. The van der Waals surface area contributed by atoms with Gasteiger partial charge in [0.1, 0.15) is 4.90 Å². The Morgan fingerprint density at radius 2 is 1.84 bits per heavy atom. The minimum Gasteiger partial charge on any atom is -0.357 e. The van der Waals surface area contributed by atoms with E-state index in [-0.39, 0.29) is 35.4 Å². The zero-order valence-corrected chi connectivity index (χ0v) is 20.9. The molecule has 1 saturated heterocycles. The third-order valence-electron chi connectivity index (χ3n) is 4.87. The fourth-order valence-corrected chi connectivity index (χ4v) is 4.30. The Labute approximate surface area is 202 Å². The van der Waals surface area contributed by atoms with Crippen molar-refractivity contribution in [3.05, 3.63) is 60.4 Å². The van der Waals surface area contributed by atoms with Crippen LogP contribution >= 0.6 is 24.0 Å². The Morgan fingerprint density at radius 1 is 1.10 bits per heavy atom. The Hall–Kier alpha value is -1.76. The van der Waals surface area contributed by atoms with Gasteiger partial charge in [-0.1, -0.05) is 30.3 Å². The lowest BCUT2D eigenvalue weighted by Gasteiger charge is -2.36. The average Bonchev–Trinajstić information content (AvgIpc) is 2.78. The zero-order chi connectivity index (χ0) is 21.2. The molecule has 1 aliphatic heterocycles. The van der Waals surface area contributed by atoms with Crippen LogP contribution in [0.4, 0.5) is 0 Å². The number of piperazine rings is 1. The number of benzene rings is 1. The molecule has 2 N–H and O–H groups in total. The van der Waals surface area contributed by atoms with Gasteiger partial charge in [0.25, 0.3) is 0 Å². The number of rotatable bonds is 8. The molecule has 8 nitrogen and oxygen atoms in total. The van der Waals surface area contributed by atoms with Gasteiger partial charge in [-0.25, -0.2) is 13.1 Å². The number of aliphatic imine (C=N–C) groups is 1. The van der Waals surface area contributed by atoms with Gasteiger partial charge in [0, 0.05) is 58.2 Å². The lowest BCUT2D eigenvalue weighted by molar-refractivity contribution is 0.172. The predicted octanol–water partition coefficient (Wildman–Crippen LogP) is 1.76. The maximum atomic E-state index is 12.3. The second kappa shape index (κ2) is 12.9. The van der Waals surface area contributed by atoms with E-state index in [2.05, 4.69) is 54.1 Å². The highest BCUT2D eigenvalue weighted by atomic mass is 127. The van der Waals surface area contributed by atoms with Crippen LogP contribution in [0.1, 0.15) is 12.5 Å². The molecule has 3 rings (SSSR count). The molecule has 0 bridgehead atoms. The summed E-state index contributed by atoms with van der Waals surface area (Å²) in [5.74, 6) is 0.831. The highest BCUT2D eigenvalue weighted by Gasteiger charge is 2.19. The minimum atomic E-state index is -3.55. The first-order valence-electron chi connectivity index (χ1n) is 10.3. The van der Waals surface area contributed by atoms with Crippen molar-refractivity contribution < 1.29 is 8.42 Å². The van der Waals surface area contributed by atoms with Gasteiger partial charge in [-0.05, 0) is 24.6 Å². The topological polar surface area (TPSA) is 89.9 Å². The van der Waals surface area contributed by atoms with Crippen LogP contribution in [0.5, 0.6) is 0 Å². The summed E-state index contributed by atoms with van der Waals surface area (Å²) < 4.78 is 27.1. The molecule has 170 valence electrons. The summed E-state index contributed by atoms with van der Waals surface area (Å²) in [5.41, 5.74) is 1.33. The summed E-state index contributed by atoms with van der Waals surface area (Å²) in [6.07, 6.45) is 2.89. The van der Waals surface area contributed by atoms with Crippen molar-refractivity contribution in [2.24, 2.45) is 4.99 Å². The summed E-state index contributed by atoms with van der Waals surface area (Å²) in [6, 6.07) is 13.6. The van der Waals surface area contributed by atoms with E-state index in [0.717, 1.165) is 45.2 Å². The highest BCUT2D eigenvalue weighted by molar-refractivity contribution is 14.0. The molecule has 1 aromatic carbocycles. The van der Waals surface area contributed by atoms with Crippen molar-refractivity contribution in [2.45, 2.75) is 18.4 Å². The smallest absolute Gasteiger partial charge is 0.242 e. The maximum absolute atomic E-state index is 12.3. The van der Waals surface area contributed by atoms with Gasteiger partial charge in [0.2, 0.25) is 10.0 Å². The zero-order valence-electron chi connectivity index (χ0n) is 17.8.